The maximum atomic E-state index is 14.8. The van der Waals surface area contributed by atoms with E-state index in [2.05, 4.69) is 0 Å². The molecule has 0 unspecified atom stereocenters. The lowest BCUT2D eigenvalue weighted by molar-refractivity contribution is -0.268. The minimum atomic E-state index is -1.75. The van der Waals surface area contributed by atoms with Crippen LogP contribution in [-0.4, -0.2) is 78.9 Å². The quantitative estimate of drug-likeness (QED) is 0.0688. The van der Waals surface area contributed by atoms with Crippen LogP contribution in [-0.2, 0) is 28.2 Å². The fraction of sp³-hybridized carbons (Fsp3) is 0.341. The Bertz CT molecular complexity index is 2200. The first-order valence-corrected chi connectivity index (χ1v) is 18.7. The monoisotopic (exact) mass is 764 g/mol. The molecule has 0 aromatic heterocycles. The Morgan fingerprint density at radius 3 is 2.29 bits per heavy atom. The number of aliphatic hydroxyl groups is 5. The van der Waals surface area contributed by atoms with E-state index in [1.54, 1.807) is 18.2 Å². The highest BCUT2D eigenvalue weighted by Gasteiger charge is 2.45. The fourth-order valence-corrected chi connectivity index (χ4v) is 7.96. The summed E-state index contributed by atoms with van der Waals surface area (Å²) in [5.41, 5.74) is 0.149. The number of fused-ring (bicyclic) bond motifs is 2. The van der Waals surface area contributed by atoms with Gasteiger partial charge in [-0.05, 0) is 60.2 Å². The summed E-state index contributed by atoms with van der Waals surface area (Å²) in [6.45, 7) is 1.95. The Kier molecular flexibility index (Phi) is 11.0. The first-order chi connectivity index (χ1) is 26.8. The van der Waals surface area contributed by atoms with E-state index >= 15 is 0 Å². The van der Waals surface area contributed by atoms with Crippen molar-refractivity contribution in [3.8, 4) is 17.2 Å². The van der Waals surface area contributed by atoms with Gasteiger partial charge in [0.05, 0.1) is 23.9 Å². The molecule has 4 aromatic carbocycles. The van der Waals surface area contributed by atoms with E-state index < -0.39 is 66.2 Å². The molecule has 5 atom stereocenters. The standard InChI is InChI=1S/C44H44O12/c1-23-37(47)41(51)42(52)43(54-23)56-33-21-31-36(38(48)30(33)19-26-12-9-13-28(18-26)44(53)16-7-4-8-17-44)40(50)34-27(22-45)20-32(55-24(2)46)29(35(34)39(31)49)15-14-25-10-5-3-6-11-25/h3,5-6,9-15,18,20-21,23,37,41-43,45,47-48,51-53H,4,7-8,16-17,19,22H2,1-2H3/b15-14+/t23-,37+,41+,42+,43+/m0/s1. The van der Waals surface area contributed by atoms with Crippen LogP contribution >= 0.6 is 0 Å². The second kappa shape index (κ2) is 15.7. The first kappa shape index (κ1) is 39.0. The number of hydrogen-bond acceptors (Lipinski definition) is 12. The predicted octanol–water partition coefficient (Wildman–Crippen LogP) is 4.70. The highest BCUT2D eigenvalue weighted by molar-refractivity contribution is 6.31. The summed E-state index contributed by atoms with van der Waals surface area (Å²) in [5, 5.41) is 66.0. The van der Waals surface area contributed by atoms with Crippen molar-refractivity contribution in [1.82, 2.24) is 0 Å². The van der Waals surface area contributed by atoms with E-state index in [-0.39, 0.29) is 56.9 Å². The number of ether oxygens (including phenoxy) is 3. The van der Waals surface area contributed by atoms with Crippen LogP contribution in [0.3, 0.4) is 0 Å². The Morgan fingerprint density at radius 2 is 1.59 bits per heavy atom. The van der Waals surface area contributed by atoms with Crippen LogP contribution in [0.5, 0.6) is 17.2 Å². The van der Waals surface area contributed by atoms with Crippen molar-refractivity contribution in [2.24, 2.45) is 0 Å². The topological polar surface area (TPSA) is 200 Å². The second-order valence-electron chi connectivity index (χ2n) is 14.7. The molecule has 292 valence electrons. The zero-order valence-electron chi connectivity index (χ0n) is 31.0. The van der Waals surface area contributed by atoms with Crippen molar-refractivity contribution in [1.29, 1.82) is 0 Å². The van der Waals surface area contributed by atoms with Gasteiger partial charge in [-0.3, -0.25) is 14.4 Å². The van der Waals surface area contributed by atoms with Crippen LogP contribution in [0, 0.1) is 0 Å². The highest BCUT2D eigenvalue weighted by Crippen LogP contribution is 2.46. The molecule has 56 heavy (non-hydrogen) atoms. The smallest absolute Gasteiger partial charge is 0.308 e. The third-order valence-corrected chi connectivity index (χ3v) is 10.9. The molecule has 0 spiro atoms. The van der Waals surface area contributed by atoms with Crippen molar-refractivity contribution < 1.29 is 59.2 Å². The van der Waals surface area contributed by atoms with Gasteiger partial charge in [0, 0.05) is 41.2 Å². The number of carbonyl (C=O) groups excluding carboxylic acids is 3. The van der Waals surface area contributed by atoms with E-state index in [0.29, 0.717) is 24.0 Å². The van der Waals surface area contributed by atoms with Gasteiger partial charge in [0.15, 0.2) is 11.6 Å². The van der Waals surface area contributed by atoms with Gasteiger partial charge in [-0.25, -0.2) is 0 Å². The Balaban J connectivity index is 1.40. The number of hydrogen-bond donors (Lipinski definition) is 6. The van der Waals surface area contributed by atoms with Crippen LogP contribution in [0.15, 0.2) is 66.7 Å². The van der Waals surface area contributed by atoms with Crippen molar-refractivity contribution in [2.75, 3.05) is 0 Å². The van der Waals surface area contributed by atoms with Crippen molar-refractivity contribution >= 4 is 29.7 Å². The molecule has 1 heterocycles. The Hall–Kier alpha value is -5.21. The molecule has 12 heteroatoms. The minimum Gasteiger partial charge on any atom is -0.507 e. The van der Waals surface area contributed by atoms with Gasteiger partial charge in [-0.15, -0.1) is 0 Å². The molecule has 0 radical (unpaired) electrons. The molecular weight excluding hydrogens is 720 g/mol. The lowest BCUT2D eigenvalue weighted by Gasteiger charge is -2.39. The molecule has 0 bridgehead atoms. The van der Waals surface area contributed by atoms with Gasteiger partial charge in [0.25, 0.3) is 0 Å². The summed E-state index contributed by atoms with van der Waals surface area (Å²) in [7, 11) is 0. The summed E-state index contributed by atoms with van der Waals surface area (Å²) in [5.74, 6) is -3.08. The van der Waals surface area contributed by atoms with Crippen molar-refractivity contribution in [2.45, 2.75) is 95.3 Å². The maximum absolute atomic E-state index is 14.8. The SMILES string of the molecule is CC(=O)Oc1cc(CO)c2c(c1/C=C/c1ccccc1)C(=O)c1cc(O[C@H]3O[C@@H](C)[C@@H](O)[C@@H](O)[C@H]3O)c(Cc3cccc(C4(O)CCCCC4)c3)c(O)c1C2=O. The van der Waals surface area contributed by atoms with E-state index in [1.165, 1.54) is 32.1 Å². The summed E-state index contributed by atoms with van der Waals surface area (Å²) in [6, 6.07) is 18.9. The number of aliphatic hydroxyl groups excluding tert-OH is 4. The molecular formula is C44H44O12. The fourth-order valence-electron chi connectivity index (χ4n) is 7.96. The molecule has 1 saturated heterocycles. The zero-order chi connectivity index (χ0) is 39.9. The van der Waals surface area contributed by atoms with Gasteiger partial charge in [0.2, 0.25) is 6.29 Å². The summed E-state index contributed by atoms with van der Waals surface area (Å²) in [4.78, 5) is 41.7. The van der Waals surface area contributed by atoms with E-state index in [4.69, 9.17) is 14.2 Å². The summed E-state index contributed by atoms with van der Waals surface area (Å²) < 4.78 is 17.4. The number of phenolic OH excluding ortho intramolecular Hbond substituents is 1. The normalized spacial score (nSPS) is 23.1. The molecule has 1 aliphatic heterocycles. The van der Waals surface area contributed by atoms with Crippen LogP contribution in [0.4, 0.5) is 0 Å². The number of ketones is 2. The third kappa shape index (κ3) is 7.27. The van der Waals surface area contributed by atoms with E-state index in [9.17, 15) is 45.0 Å². The van der Waals surface area contributed by atoms with Crippen LogP contribution in [0.2, 0.25) is 0 Å². The van der Waals surface area contributed by atoms with Crippen molar-refractivity contribution in [3.63, 3.8) is 0 Å². The molecule has 6 N–H and O–H groups in total. The molecule has 0 amide bonds. The molecule has 3 aliphatic rings. The minimum absolute atomic E-state index is 0.00734. The van der Waals surface area contributed by atoms with Crippen LogP contribution < -0.4 is 9.47 Å². The van der Waals surface area contributed by atoms with E-state index in [1.807, 2.05) is 42.5 Å². The lowest BCUT2D eigenvalue weighted by atomic mass is 9.77. The van der Waals surface area contributed by atoms with E-state index in [0.717, 1.165) is 24.8 Å². The molecule has 2 aliphatic carbocycles. The molecule has 7 rings (SSSR count). The predicted molar refractivity (Wildman–Crippen MR) is 203 cm³/mol. The zero-order valence-corrected chi connectivity index (χ0v) is 31.0. The number of rotatable bonds is 9. The lowest BCUT2D eigenvalue weighted by Crippen LogP contribution is -2.58. The molecule has 4 aromatic rings. The Labute approximate surface area is 323 Å². The Morgan fingerprint density at radius 1 is 0.857 bits per heavy atom. The molecule has 12 nitrogen and oxygen atoms in total. The van der Waals surface area contributed by atoms with Crippen LogP contribution in [0.1, 0.15) is 111 Å². The van der Waals surface area contributed by atoms with Crippen molar-refractivity contribution in [3.05, 3.63) is 122 Å². The maximum Gasteiger partial charge on any atom is 0.308 e. The number of benzene rings is 4. The summed E-state index contributed by atoms with van der Waals surface area (Å²) in [6.07, 6.45) is -0.324. The highest BCUT2D eigenvalue weighted by atomic mass is 16.7. The van der Waals surface area contributed by atoms with Gasteiger partial charge < -0.3 is 44.8 Å². The van der Waals surface area contributed by atoms with Gasteiger partial charge in [-0.2, -0.15) is 0 Å². The largest absolute Gasteiger partial charge is 0.507 e. The number of carbonyl (C=O) groups is 3. The van der Waals surface area contributed by atoms with Gasteiger partial charge in [-0.1, -0.05) is 79.9 Å². The molecule has 1 saturated carbocycles. The average molecular weight is 765 g/mol. The third-order valence-electron chi connectivity index (χ3n) is 10.9. The number of esters is 1. The number of aromatic hydroxyl groups is 1. The summed E-state index contributed by atoms with van der Waals surface area (Å²) >= 11 is 0. The molecule has 2 fully saturated rings. The second-order valence-corrected chi connectivity index (χ2v) is 14.7. The number of phenols is 1. The van der Waals surface area contributed by atoms with Gasteiger partial charge in [0.1, 0.15) is 35.6 Å². The average Bonchev–Trinajstić information content (AvgIpc) is 3.19. The first-order valence-electron chi connectivity index (χ1n) is 18.7. The van der Waals surface area contributed by atoms with Crippen LogP contribution in [0.25, 0.3) is 12.2 Å². The van der Waals surface area contributed by atoms with Gasteiger partial charge >= 0.3 is 5.97 Å².